The molecular formula is C28H42O2Si. The lowest BCUT2D eigenvalue weighted by atomic mass is 10.0. The van der Waals surface area contributed by atoms with Gasteiger partial charge in [-0.3, -0.25) is 0 Å². The number of unbranched alkanes of at least 4 members (excludes halogenated alkanes) is 6. The summed E-state index contributed by atoms with van der Waals surface area (Å²) in [6.07, 6.45) is 14.5. The summed E-state index contributed by atoms with van der Waals surface area (Å²) in [6, 6.07) is 21.5. The van der Waals surface area contributed by atoms with Gasteiger partial charge in [-0.1, -0.05) is 119 Å². The average Bonchev–Trinajstić information content (AvgIpc) is 3.36. The Labute approximate surface area is 191 Å². The van der Waals surface area contributed by atoms with Crippen LogP contribution in [-0.2, 0) is 8.85 Å². The smallest absolute Gasteiger partial charge is 0.388 e. The summed E-state index contributed by atoms with van der Waals surface area (Å²) in [5, 5.41) is 2.46. The van der Waals surface area contributed by atoms with Crippen molar-refractivity contribution in [1.29, 1.82) is 0 Å². The molecule has 0 bridgehead atoms. The van der Waals surface area contributed by atoms with Crippen molar-refractivity contribution in [3.8, 4) is 0 Å². The molecule has 0 N–H and O–H groups in total. The summed E-state index contributed by atoms with van der Waals surface area (Å²) in [5.74, 6) is 0.654. The molecule has 3 rings (SSSR count). The molecule has 0 saturated heterocycles. The molecule has 2 aromatic carbocycles. The van der Waals surface area contributed by atoms with E-state index in [0.29, 0.717) is 5.92 Å². The normalized spacial score (nSPS) is 15.9. The maximum atomic E-state index is 7.07. The van der Waals surface area contributed by atoms with Gasteiger partial charge in [-0.2, -0.15) is 0 Å². The van der Waals surface area contributed by atoms with Crippen molar-refractivity contribution in [1.82, 2.24) is 0 Å². The van der Waals surface area contributed by atoms with Crippen LogP contribution in [0, 0.1) is 5.92 Å². The van der Waals surface area contributed by atoms with Crippen LogP contribution in [0.15, 0.2) is 60.7 Å². The van der Waals surface area contributed by atoms with Gasteiger partial charge in [0, 0.05) is 12.7 Å². The van der Waals surface area contributed by atoms with Gasteiger partial charge in [-0.25, -0.2) is 0 Å². The van der Waals surface area contributed by atoms with Crippen molar-refractivity contribution >= 4 is 18.9 Å². The molecule has 1 unspecified atom stereocenters. The van der Waals surface area contributed by atoms with Crippen molar-refractivity contribution in [2.75, 3.05) is 6.61 Å². The highest BCUT2D eigenvalue weighted by Crippen LogP contribution is 2.31. The summed E-state index contributed by atoms with van der Waals surface area (Å²) in [7, 11) is -2.76. The lowest BCUT2D eigenvalue weighted by Gasteiger charge is -2.36. The van der Waals surface area contributed by atoms with Crippen molar-refractivity contribution in [3.63, 3.8) is 0 Å². The molecule has 1 aliphatic rings. The molecule has 1 saturated carbocycles. The minimum Gasteiger partial charge on any atom is -0.388 e. The third kappa shape index (κ3) is 7.03. The van der Waals surface area contributed by atoms with Crippen molar-refractivity contribution < 1.29 is 8.85 Å². The molecule has 2 nitrogen and oxygen atoms in total. The first-order valence-electron chi connectivity index (χ1n) is 12.7. The summed E-state index contributed by atoms with van der Waals surface area (Å²) in [4.78, 5) is 0. The van der Waals surface area contributed by atoms with E-state index in [1.54, 1.807) is 0 Å². The van der Waals surface area contributed by atoms with Crippen LogP contribution in [0.1, 0.15) is 84.5 Å². The summed E-state index contributed by atoms with van der Waals surface area (Å²) >= 11 is 0. The first kappa shape index (κ1) is 24.2. The Morgan fingerprint density at radius 2 is 1.29 bits per heavy atom. The number of benzene rings is 2. The Morgan fingerprint density at radius 3 is 1.84 bits per heavy atom. The lowest BCUT2D eigenvalue weighted by molar-refractivity contribution is 0.0995. The van der Waals surface area contributed by atoms with Crippen LogP contribution in [0.3, 0.4) is 0 Å². The third-order valence-corrected chi connectivity index (χ3v) is 10.3. The first-order chi connectivity index (χ1) is 15.3. The van der Waals surface area contributed by atoms with Crippen LogP contribution < -0.4 is 10.4 Å². The number of hydrogen-bond acceptors (Lipinski definition) is 2. The molecule has 2 aromatic rings. The van der Waals surface area contributed by atoms with Crippen LogP contribution in [0.4, 0.5) is 0 Å². The van der Waals surface area contributed by atoms with Crippen LogP contribution in [0.5, 0.6) is 0 Å². The van der Waals surface area contributed by atoms with Crippen LogP contribution in [0.2, 0.25) is 0 Å². The Morgan fingerprint density at radius 1 is 0.774 bits per heavy atom. The Kier molecular flexibility index (Phi) is 10.3. The Bertz CT molecular complexity index is 673. The molecule has 0 aromatic heterocycles. The topological polar surface area (TPSA) is 18.5 Å². The molecule has 0 spiro atoms. The highest BCUT2D eigenvalue weighted by atomic mass is 28.4. The monoisotopic (exact) mass is 438 g/mol. The fourth-order valence-corrected chi connectivity index (χ4v) is 8.30. The molecular weight excluding hydrogens is 396 g/mol. The molecule has 170 valence electrons. The van der Waals surface area contributed by atoms with Gasteiger partial charge in [0.05, 0.1) is 0 Å². The van der Waals surface area contributed by atoms with Crippen molar-refractivity contribution in [3.05, 3.63) is 60.7 Å². The standard InChI is InChI=1S/C28H42O2Si/c1-3-4-5-6-7-8-17-24-29-31(27-20-11-9-12-21-27,28-22-13-10-14-23-28)30-25(2)26-18-15-16-19-26/h9-14,20-23,25-26H,3-8,15-19,24H2,1-2H3. The summed E-state index contributed by atoms with van der Waals surface area (Å²) < 4.78 is 13.9. The molecule has 1 fully saturated rings. The summed E-state index contributed by atoms with van der Waals surface area (Å²) in [5.41, 5.74) is 0. The van der Waals surface area contributed by atoms with Gasteiger partial charge in [0.25, 0.3) is 0 Å². The van der Waals surface area contributed by atoms with Gasteiger partial charge in [-0.15, -0.1) is 0 Å². The predicted octanol–water partition coefficient (Wildman–Crippen LogP) is 6.61. The fraction of sp³-hybridized carbons (Fsp3) is 0.571. The second kappa shape index (κ2) is 13.2. The largest absolute Gasteiger partial charge is 0.407 e. The second-order valence-corrected chi connectivity index (χ2v) is 12.1. The fourth-order valence-electron chi connectivity index (χ4n) is 4.88. The van der Waals surface area contributed by atoms with E-state index in [9.17, 15) is 0 Å². The molecule has 0 radical (unpaired) electrons. The molecule has 1 atom stereocenters. The van der Waals surface area contributed by atoms with Gasteiger partial charge in [0.15, 0.2) is 0 Å². The number of rotatable bonds is 14. The van der Waals surface area contributed by atoms with Gasteiger partial charge >= 0.3 is 8.56 Å². The maximum absolute atomic E-state index is 7.07. The Balaban J connectivity index is 1.75. The minimum atomic E-state index is -2.76. The van der Waals surface area contributed by atoms with Gasteiger partial charge < -0.3 is 8.85 Å². The molecule has 0 aliphatic heterocycles. The highest BCUT2D eigenvalue weighted by Gasteiger charge is 2.45. The van der Waals surface area contributed by atoms with Gasteiger partial charge in [0.2, 0.25) is 0 Å². The van der Waals surface area contributed by atoms with Gasteiger partial charge in [-0.05, 0) is 42.5 Å². The third-order valence-electron chi connectivity index (χ3n) is 6.78. The van der Waals surface area contributed by atoms with E-state index in [1.807, 2.05) is 0 Å². The van der Waals surface area contributed by atoms with E-state index in [2.05, 4.69) is 74.5 Å². The van der Waals surface area contributed by atoms with E-state index in [-0.39, 0.29) is 6.10 Å². The zero-order valence-corrected chi connectivity index (χ0v) is 20.7. The van der Waals surface area contributed by atoms with E-state index in [0.717, 1.165) is 13.0 Å². The van der Waals surface area contributed by atoms with Crippen LogP contribution >= 0.6 is 0 Å². The molecule has 3 heteroatoms. The van der Waals surface area contributed by atoms with Crippen LogP contribution in [-0.4, -0.2) is 21.3 Å². The quantitative estimate of drug-likeness (QED) is 0.244. The second-order valence-electron chi connectivity index (χ2n) is 9.19. The van der Waals surface area contributed by atoms with E-state index in [4.69, 9.17) is 8.85 Å². The van der Waals surface area contributed by atoms with E-state index < -0.39 is 8.56 Å². The van der Waals surface area contributed by atoms with E-state index >= 15 is 0 Å². The van der Waals surface area contributed by atoms with E-state index in [1.165, 1.54) is 74.6 Å². The SMILES string of the molecule is CCCCCCCCCO[Si](OC(C)C1CCCC1)(c1ccccc1)c1ccccc1. The van der Waals surface area contributed by atoms with Crippen molar-refractivity contribution in [2.45, 2.75) is 90.6 Å². The van der Waals surface area contributed by atoms with Crippen LogP contribution in [0.25, 0.3) is 0 Å². The van der Waals surface area contributed by atoms with Crippen molar-refractivity contribution in [2.24, 2.45) is 5.92 Å². The minimum absolute atomic E-state index is 0.226. The zero-order valence-electron chi connectivity index (χ0n) is 19.7. The number of hydrogen-bond donors (Lipinski definition) is 0. The Hall–Kier alpha value is -1.42. The zero-order chi connectivity index (χ0) is 21.8. The maximum Gasteiger partial charge on any atom is 0.407 e. The average molecular weight is 439 g/mol. The molecule has 0 amide bonds. The molecule has 1 aliphatic carbocycles. The predicted molar refractivity (Wildman–Crippen MR) is 134 cm³/mol. The molecule has 0 heterocycles. The first-order valence-corrected chi connectivity index (χ1v) is 14.5. The lowest BCUT2D eigenvalue weighted by Crippen LogP contribution is -2.65. The van der Waals surface area contributed by atoms with Gasteiger partial charge in [0.1, 0.15) is 0 Å². The highest BCUT2D eigenvalue weighted by molar-refractivity contribution is 6.92. The molecule has 31 heavy (non-hydrogen) atoms. The summed E-state index contributed by atoms with van der Waals surface area (Å²) in [6.45, 7) is 5.33.